The van der Waals surface area contributed by atoms with Gasteiger partial charge in [0.05, 0.1) is 11.4 Å². The number of aromatic nitrogens is 1. The van der Waals surface area contributed by atoms with Crippen LogP contribution in [0.2, 0.25) is 0 Å². The standard InChI is InChI=1S/C15H9F3N2S/c16-9-5-6-13(12(18)7-9)19-15-20-14(8-21-15)10-3-1-2-4-11(10)17/h1-8H,(H,19,20). The molecule has 0 radical (unpaired) electrons. The lowest BCUT2D eigenvalue weighted by Gasteiger charge is -2.03. The van der Waals surface area contributed by atoms with E-state index in [9.17, 15) is 13.2 Å². The molecule has 0 fully saturated rings. The van der Waals surface area contributed by atoms with E-state index < -0.39 is 11.6 Å². The van der Waals surface area contributed by atoms with Crippen molar-refractivity contribution in [2.24, 2.45) is 0 Å². The number of nitrogens with zero attached hydrogens (tertiary/aromatic N) is 1. The van der Waals surface area contributed by atoms with Gasteiger partial charge in [-0.15, -0.1) is 11.3 Å². The van der Waals surface area contributed by atoms with Gasteiger partial charge in [0.15, 0.2) is 5.13 Å². The quantitative estimate of drug-likeness (QED) is 0.739. The Bertz CT molecular complexity index is 786. The smallest absolute Gasteiger partial charge is 0.187 e. The van der Waals surface area contributed by atoms with Crippen molar-refractivity contribution in [1.82, 2.24) is 4.98 Å². The average Bonchev–Trinajstić information content (AvgIpc) is 2.91. The lowest BCUT2D eigenvalue weighted by molar-refractivity contribution is 0.586. The van der Waals surface area contributed by atoms with Crippen LogP contribution >= 0.6 is 11.3 Å². The number of hydrogen-bond acceptors (Lipinski definition) is 3. The zero-order valence-corrected chi connectivity index (χ0v) is 11.4. The third-order valence-corrected chi connectivity index (χ3v) is 3.58. The van der Waals surface area contributed by atoms with Crippen molar-refractivity contribution >= 4 is 22.2 Å². The van der Waals surface area contributed by atoms with E-state index >= 15 is 0 Å². The lowest BCUT2D eigenvalue weighted by Crippen LogP contribution is -1.94. The van der Waals surface area contributed by atoms with Crippen molar-refractivity contribution in [3.05, 3.63) is 65.3 Å². The largest absolute Gasteiger partial charge is 0.329 e. The van der Waals surface area contributed by atoms with Crippen LogP contribution in [0, 0.1) is 17.5 Å². The Balaban J connectivity index is 1.87. The van der Waals surface area contributed by atoms with Gasteiger partial charge in [-0.3, -0.25) is 0 Å². The number of nitrogens with one attached hydrogen (secondary N) is 1. The summed E-state index contributed by atoms with van der Waals surface area (Å²) < 4.78 is 40.0. The van der Waals surface area contributed by atoms with Crippen LogP contribution in [0.3, 0.4) is 0 Å². The fraction of sp³-hybridized carbons (Fsp3) is 0. The topological polar surface area (TPSA) is 24.9 Å². The Kier molecular flexibility index (Phi) is 3.62. The molecule has 0 saturated carbocycles. The van der Waals surface area contributed by atoms with Crippen molar-refractivity contribution < 1.29 is 13.2 Å². The minimum Gasteiger partial charge on any atom is -0.329 e. The summed E-state index contributed by atoms with van der Waals surface area (Å²) in [7, 11) is 0. The second kappa shape index (κ2) is 5.57. The highest BCUT2D eigenvalue weighted by Gasteiger charge is 2.10. The van der Waals surface area contributed by atoms with Crippen molar-refractivity contribution in [2.45, 2.75) is 0 Å². The molecule has 0 amide bonds. The second-order valence-electron chi connectivity index (χ2n) is 4.27. The van der Waals surface area contributed by atoms with Crippen LogP contribution in [0.4, 0.5) is 24.0 Å². The predicted molar refractivity (Wildman–Crippen MR) is 77.1 cm³/mol. The molecule has 1 heterocycles. The minimum atomic E-state index is -0.711. The lowest BCUT2D eigenvalue weighted by atomic mass is 10.2. The van der Waals surface area contributed by atoms with Crippen LogP contribution in [-0.2, 0) is 0 Å². The highest BCUT2D eigenvalue weighted by atomic mass is 32.1. The fourth-order valence-electron chi connectivity index (χ4n) is 1.83. The zero-order chi connectivity index (χ0) is 14.8. The fourth-order valence-corrected chi connectivity index (χ4v) is 2.55. The molecule has 0 spiro atoms. The van der Waals surface area contributed by atoms with Crippen molar-refractivity contribution in [1.29, 1.82) is 0 Å². The Labute approximate surface area is 122 Å². The molecule has 0 aliphatic rings. The second-order valence-corrected chi connectivity index (χ2v) is 5.13. The third kappa shape index (κ3) is 2.90. The van der Waals surface area contributed by atoms with Crippen LogP contribution in [-0.4, -0.2) is 4.98 Å². The summed E-state index contributed by atoms with van der Waals surface area (Å²) >= 11 is 1.21. The van der Waals surface area contributed by atoms with Gasteiger partial charge in [0, 0.05) is 17.0 Å². The molecule has 1 aromatic heterocycles. The summed E-state index contributed by atoms with van der Waals surface area (Å²) in [5.74, 6) is -1.73. The number of benzene rings is 2. The van der Waals surface area contributed by atoms with Gasteiger partial charge in [-0.1, -0.05) is 12.1 Å². The van der Waals surface area contributed by atoms with E-state index in [4.69, 9.17) is 0 Å². The maximum Gasteiger partial charge on any atom is 0.187 e. The Morgan fingerprint density at radius 3 is 2.52 bits per heavy atom. The van der Waals surface area contributed by atoms with Crippen LogP contribution in [0.25, 0.3) is 11.3 Å². The van der Waals surface area contributed by atoms with Gasteiger partial charge in [-0.25, -0.2) is 18.2 Å². The van der Waals surface area contributed by atoms with E-state index in [0.717, 1.165) is 12.1 Å². The molecule has 3 aromatic rings. The normalized spacial score (nSPS) is 10.6. The van der Waals surface area contributed by atoms with Crippen LogP contribution in [0.5, 0.6) is 0 Å². The van der Waals surface area contributed by atoms with Gasteiger partial charge in [0.1, 0.15) is 17.5 Å². The van der Waals surface area contributed by atoms with E-state index in [-0.39, 0.29) is 11.5 Å². The van der Waals surface area contributed by atoms with Crippen molar-refractivity contribution in [2.75, 3.05) is 5.32 Å². The molecule has 0 bridgehead atoms. The molecule has 2 aromatic carbocycles. The van der Waals surface area contributed by atoms with E-state index in [1.807, 2.05) is 0 Å². The SMILES string of the molecule is Fc1ccc(Nc2nc(-c3ccccc3F)cs2)c(F)c1. The molecule has 1 N–H and O–H groups in total. The van der Waals surface area contributed by atoms with Crippen LogP contribution < -0.4 is 5.32 Å². The third-order valence-electron chi connectivity index (χ3n) is 2.83. The molecule has 0 aliphatic heterocycles. The van der Waals surface area contributed by atoms with Gasteiger partial charge in [0.2, 0.25) is 0 Å². The van der Waals surface area contributed by atoms with E-state index in [2.05, 4.69) is 10.3 Å². The van der Waals surface area contributed by atoms with Crippen LogP contribution in [0.1, 0.15) is 0 Å². The maximum absolute atomic E-state index is 13.7. The molecule has 106 valence electrons. The molecule has 0 aliphatic carbocycles. The summed E-state index contributed by atoms with van der Waals surface area (Å²) in [6.45, 7) is 0. The summed E-state index contributed by atoms with van der Waals surface area (Å²) in [6.07, 6.45) is 0. The Hall–Kier alpha value is -2.34. The van der Waals surface area contributed by atoms with Crippen molar-refractivity contribution in [3.63, 3.8) is 0 Å². The predicted octanol–water partition coefficient (Wildman–Crippen LogP) is 4.97. The zero-order valence-electron chi connectivity index (χ0n) is 10.6. The summed E-state index contributed by atoms with van der Waals surface area (Å²) in [6, 6.07) is 9.50. The number of anilines is 2. The molecular formula is C15H9F3N2S. The Morgan fingerprint density at radius 2 is 1.76 bits per heavy atom. The van der Waals surface area contributed by atoms with Gasteiger partial charge in [-0.05, 0) is 24.3 Å². The highest BCUT2D eigenvalue weighted by Crippen LogP contribution is 2.29. The van der Waals surface area contributed by atoms with Gasteiger partial charge in [-0.2, -0.15) is 0 Å². The first kappa shape index (κ1) is 13.6. The highest BCUT2D eigenvalue weighted by molar-refractivity contribution is 7.14. The molecule has 0 saturated heterocycles. The van der Waals surface area contributed by atoms with Gasteiger partial charge >= 0.3 is 0 Å². The first-order valence-electron chi connectivity index (χ1n) is 6.06. The van der Waals surface area contributed by atoms with Crippen molar-refractivity contribution in [3.8, 4) is 11.3 Å². The van der Waals surface area contributed by atoms with E-state index in [1.165, 1.54) is 23.5 Å². The molecule has 0 unspecified atom stereocenters. The Morgan fingerprint density at radius 1 is 0.952 bits per heavy atom. The van der Waals surface area contributed by atoms with Gasteiger partial charge in [0.25, 0.3) is 0 Å². The minimum absolute atomic E-state index is 0.117. The number of hydrogen-bond donors (Lipinski definition) is 1. The summed E-state index contributed by atoms with van der Waals surface area (Å²) in [4.78, 5) is 4.21. The number of rotatable bonds is 3. The van der Waals surface area contributed by atoms with E-state index in [1.54, 1.807) is 23.6 Å². The molecule has 21 heavy (non-hydrogen) atoms. The summed E-state index contributed by atoms with van der Waals surface area (Å²) in [5.41, 5.74) is 0.954. The number of halogens is 3. The number of thiazole rings is 1. The van der Waals surface area contributed by atoms with E-state index in [0.29, 0.717) is 16.4 Å². The first-order chi connectivity index (χ1) is 10.1. The molecule has 6 heteroatoms. The molecule has 2 nitrogen and oxygen atoms in total. The summed E-state index contributed by atoms with van der Waals surface area (Å²) in [5, 5.41) is 4.82. The van der Waals surface area contributed by atoms with Gasteiger partial charge < -0.3 is 5.32 Å². The first-order valence-corrected chi connectivity index (χ1v) is 6.94. The molecule has 0 atom stereocenters. The monoisotopic (exact) mass is 306 g/mol. The average molecular weight is 306 g/mol. The maximum atomic E-state index is 13.7. The van der Waals surface area contributed by atoms with Crippen LogP contribution in [0.15, 0.2) is 47.8 Å². The molecular weight excluding hydrogens is 297 g/mol. The molecule has 3 rings (SSSR count).